The highest BCUT2D eigenvalue weighted by Crippen LogP contribution is 2.41. The van der Waals surface area contributed by atoms with Crippen molar-refractivity contribution in [3.63, 3.8) is 0 Å². The molecular formula is C17H23N3O2. The van der Waals surface area contributed by atoms with Crippen LogP contribution in [0.25, 0.3) is 10.9 Å². The van der Waals surface area contributed by atoms with Gasteiger partial charge in [-0.1, -0.05) is 25.0 Å². The maximum absolute atomic E-state index is 11.7. The van der Waals surface area contributed by atoms with Gasteiger partial charge in [-0.2, -0.15) is 0 Å². The SMILES string of the molecule is CCCCC(=O)N=Nc1c(O)n(C(C)C)c2ccc(C)cc12. The van der Waals surface area contributed by atoms with Gasteiger partial charge in [-0.05, 0) is 39.3 Å². The van der Waals surface area contributed by atoms with Crippen LogP contribution in [0.2, 0.25) is 0 Å². The standard InChI is InChI=1S/C17H23N3O2/c1-5-6-7-15(21)18-19-16-13-10-12(4)8-9-14(13)20(11(2)3)17(16)22/h8-11,22H,5-7H2,1-4H3. The molecule has 22 heavy (non-hydrogen) atoms. The summed E-state index contributed by atoms with van der Waals surface area (Å²) >= 11 is 0. The van der Waals surface area contributed by atoms with Crippen molar-refractivity contribution in [2.75, 3.05) is 0 Å². The van der Waals surface area contributed by atoms with E-state index in [9.17, 15) is 9.90 Å². The molecule has 5 heteroatoms. The van der Waals surface area contributed by atoms with Gasteiger partial charge in [0.05, 0.1) is 5.52 Å². The zero-order chi connectivity index (χ0) is 16.3. The lowest BCUT2D eigenvalue weighted by molar-refractivity contribution is -0.118. The number of rotatable bonds is 5. The predicted molar refractivity (Wildman–Crippen MR) is 87.8 cm³/mol. The third-order valence-corrected chi connectivity index (χ3v) is 3.63. The second-order valence-corrected chi connectivity index (χ2v) is 5.85. The first-order valence-corrected chi connectivity index (χ1v) is 7.73. The summed E-state index contributed by atoms with van der Waals surface area (Å²) in [5.41, 5.74) is 2.34. The van der Waals surface area contributed by atoms with Crippen molar-refractivity contribution in [2.45, 2.75) is 53.0 Å². The highest BCUT2D eigenvalue weighted by Gasteiger charge is 2.18. The van der Waals surface area contributed by atoms with Crippen LogP contribution in [-0.4, -0.2) is 15.6 Å². The van der Waals surface area contributed by atoms with Gasteiger partial charge in [0.15, 0.2) is 5.69 Å². The summed E-state index contributed by atoms with van der Waals surface area (Å²) in [6, 6.07) is 6.00. The number of amides is 1. The first-order valence-electron chi connectivity index (χ1n) is 7.73. The van der Waals surface area contributed by atoms with Crippen LogP contribution in [-0.2, 0) is 4.79 Å². The third-order valence-electron chi connectivity index (χ3n) is 3.63. The molecule has 2 rings (SSSR count). The van der Waals surface area contributed by atoms with Gasteiger partial charge in [-0.25, -0.2) is 0 Å². The van der Waals surface area contributed by atoms with Gasteiger partial charge in [-0.15, -0.1) is 10.2 Å². The number of unbranched alkanes of at least 4 members (excludes halogenated alkanes) is 1. The number of hydrogen-bond donors (Lipinski definition) is 1. The van der Waals surface area contributed by atoms with Crippen molar-refractivity contribution >= 4 is 22.5 Å². The van der Waals surface area contributed by atoms with Crippen LogP contribution < -0.4 is 0 Å². The molecule has 0 saturated carbocycles. The van der Waals surface area contributed by atoms with Crippen LogP contribution in [0, 0.1) is 6.92 Å². The van der Waals surface area contributed by atoms with E-state index >= 15 is 0 Å². The van der Waals surface area contributed by atoms with Crippen LogP contribution in [0.5, 0.6) is 5.88 Å². The largest absolute Gasteiger partial charge is 0.493 e. The molecule has 2 aromatic rings. The van der Waals surface area contributed by atoms with Crippen molar-refractivity contribution in [3.8, 4) is 5.88 Å². The van der Waals surface area contributed by atoms with E-state index in [1.165, 1.54) is 0 Å². The number of aromatic nitrogens is 1. The molecule has 1 N–H and O–H groups in total. The summed E-state index contributed by atoms with van der Waals surface area (Å²) in [4.78, 5) is 11.7. The van der Waals surface area contributed by atoms with Crippen LogP contribution in [0.4, 0.5) is 5.69 Å². The Labute approximate surface area is 130 Å². The Bertz CT molecular complexity index is 714. The third kappa shape index (κ3) is 3.18. The molecule has 0 aliphatic carbocycles. The molecule has 0 atom stereocenters. The van der Waals surface area contributed by atoms with E-state index in [0.29, 0.717) is 12.1 Å². The van der Waals surface area contributed by atoms with Crippen molar-refractivity contribution in [1.82, 2.24) is 4.57 Å². The van der Waals surface area contributed by atoms with Gasteiger partial charge in [0.2, 0.25) is 5.88 Å². The highest BCUT2D eigenvalue weighted by atomic mass is 16.3. The first kappa shape index (κ1) is 16.2. The zero-order valence-corrected chi connectivity index (χ0v) is 13.6. The minimum atomic E-state index is -0.251. The summed E-state index contributed by atoms with van der Waals surface area (Å²) in [6.07, 6.45) is 2.14. The van der Waals surface area contributed by atoms with E-state index in [1.54, 1.807) is 4.57 Å². The fraction of sp³-hybridized carbons (Fsp3) is 0.471. The smallest absolute Gasteiger partial charge is 0.264 e. The monoisotopic (exact) mass is 301 g/mol. The summed E-state index contributed by atoms with van der Waals surface area (Å²) in [6.45, 7) is 7.99. The lowest BCUT2D eigenvalue weighted by Gasteiger charge is -2.10. The first-order chi connectivity index (χ1) is 10.5. The predicted octanol–water partition coefficient (Wildman–Crippen LogP) is 5.04. The molecule has 0 bridgehead atoms. The maximum atomic E-state index is 11.7. The zero-order valence-electron chi connectivity index (χ0n) is 13.6. The van der Waals surface area contributed by atoms with Crippen LogP contribution >= 0.6 is 0 Å². The molecule has 118 valence electrons. The molecule has 0 radical (unpaired) electrons. The summed E-state index contributed by atoms with van der Waals surface area (Å²) in [5.74, 6) is -0.193. The second-order valence-electron chi connectivity index (χ2n) is 5.85. The number of carbonyl (C=O) groups excluding carboxylic acids is 1. The molecule has 1 amide bonds. The minimum absolute atomic E-state index is 0.0580. The molecule has 1 aromatic carbocycles. The van der Waals surface area contributed by atoms with E-state index in [0.717, 1.165) is 29.3 Å². The van der Waals surface area contributed by atoms with Crippen molar-refractivity contribution in [3.05, 3.63) is 23.8 Å². The van der Waals surface area contributed by atoms with Crippen LogP contribution in [0.3, 0.4) is 0 Å². The van der Waals surface area contributed by atoms with Gasteiger partial charge < -0.3 is 9.67 Å². The minimum Gasteiger partial charge on any atom is -0.493 e. The van der Waals surface area contributed by atoms with E-state index in [-0.39, 0.29) is 17.8 Å². The lowest BCUT2D eigenvalue weighted by Crippen LogP contribution is -1.99. The van der Waals surface area contributed by atoms with E-state index < -0.39 is 0 Å². The van der Waals surface area contributed by atoms with Gasteiger partial charge in [0.1, 0.15) is 0 Å². The number of aromatic hydroxyl groups is 1. The molecule has 0 unspecified atom stereocenters. The molecule has 1 heterocycles. The number of hydrogen-bond acceptors (Lipinski definition) is 3. The maximum Gasteiger partial charge on any atom is 0.264 e. The lowest BCUT2D eigenvalue weighted by atomic mass is 10.1. The highest BCUT2D eigenvalue weighted by molar-refractivity contribution is 5.95. The number of nitrogens with zero attached hydrogens (tertiary/aromatic N) is 3. The fourth-order valence-corrected chi connectivity index (χ4v) is 2.50. The number of carbonyl (C=O) groups is 1. The summed E-state index contributed by atoms with van der Waals surface area (Å²) in [5, 5.41) is 19.1. The topological polar surface area (TPSA) is 66.9 Å². The van der Waals surface area contributed by atoms with Gasteiger partial charge in [-0.3, -0.25) is 4.79 Å². The van der Waals surface area contributed by atoms with Gasteiger partial charge >= 0.3 is 0 Å². The van der Waals surface area contributed by atoms with Gasteiger partial charge in [0, 0.05) is 17.8 Å². The number of aryl methyl sites for hydroxylation is 1. The molecule has 0 aliphatic heterocycles. The fourth-order valence-electron chi connectivity index (χ4n) is 2.50. The van der Waals surface area contributed by atoms with Crippen LogP contribution in [0.1, 0.15) is 51.6 Å². The normalized spacial score (nSPS) is 11.9. The Balaban J connectivity index is 2.48. The Morgan fingerprint density at radius 2 is 2.09 bits per heavy atom. The molecule has 0 saturated heterocycles. The Hall–Kier alpha value is -2.17. The Morgan fingerprint density at radius 3 is 2.73 bits per heavy atom. The molecular weight excluding hydrogens is 278 g/mol. The van der Waals surface area contributed by atoms with Crippen LogP contribution in [0.15, 0.2) is 28.4 Å². The Morgan fingerprint density at radius 1 is 1.36 bits per heavy atom. The number of benzene rings is 1. The molecule has 5 nitrogen and oxygen atoms in total. The second kappa shape index (κ2) is 6.73. The number of azo groups is 1. The Kier molecular flexibility index (Phi) is 4.96. The number of fused-ring (bicyclic) bond motifs is 1. The van der Waals surface area contributed by atoms with Gasteiger partial charge in [0.25, 0.3) is 5.91 Å². The van der Waals surface area contributed by atoms with E-state index in [1.807, 2.05) is 45.9 Å². The quantitative estimate of drug-likeness (QED) is 0.786. The van der Waals surface area contributed by atoms with E-state index in [4.69, 9.17) is 0 Å². The summed E-state index contributed by atoms with van der Waals surface area (Å²) < 4.78 is 1.81. The van der Waals surface area contributed by atoms with Crippen molar-refractivity contribution in [1.29, 1.82) is 0 Å². The van der Waals surface area contributed by atoms with Crippen molar-refractivity contribution < 1.29 is 9.90 Å². The molecule has 1 aromatic heterocycles. The van der Waals surface area contributed by atoms with E-state index in [2.05, 4.69) is 10.2 Å². The average molecular weight is 301 g/mol. The molecule has 0 fully saturated rings. The van der Waals surface area contributed by atoms with Crippen molar-refractivity contribution in [2.24, 2.45) is 10.2 Å². The average Bonchev–Trinajstić information content (AvgIpc) is 2.74. The molecule has 0 spiro atoms. The summed E-state index contributed by atoms with van der Waals surface area (Å²) in [7, 11) is 0. The molecule has 0 aliphatic rings.